The largest absolute Gasteiger partial charge is 0.486 e. The minimum Gasteiger partial charge on any atom is -0.486 e. The van der Waals surface area contributed by atoms with Gasteiger partial charge in [-0.15, -0.1) is 11.3 Å². The minimum absolute atomic E-state index is 0.0936. The molecular weight excluding hydrogens is 320 g/mol. The van der Waals surface area contributed by atoms with Gasteiger partial charge in [-0.1, -0.05) is 0 Å². The maximum Gasteiger partial charge on any atom is 0.138 e. The summed E-state index contributed by atoms with van der Waals surface area (Å²) in [6.45, 7) is 5.66. The fourth-order valence-corrected chi connectivity index (χ4v) is 3.93. The van der Waals surface area contributed by atoms with Gasteiger partial charge in [-0.05, 0) is 31.2 Å². The van der Waals surface area contributed by atoms with Crippen molar-refractivity contribution in [3.05, 3.63) is 64.6 Å². The second-order valence-corrected chi connectivity index (χ2v) is 7.05. The predicted molar refractivity (Wildman–Crippen MR) is 94.1 cm³/mol. The van der Waals surface area contributed by atoms with Gasteiger partial charge in [0.1, 0.15) is 11.9 Å². The number of aryl methyl sites for hydroxylation is 1. The Morgan fingerprint density at radius 3 is 3.04 bits per heavy atom. The van der Waals surface area contributed by atoms with Gasteiger partial charge < -0.3 is 9.30 Å². The van der Waals surface area contributed by atoms with Crippen molar-refractivity contribution in [1.82, 2.24) is 19.4 Å². The average molecular weight is 340 g/mol. The molecule has 0 aliphatic carbocycles. The lowest BCUT2D eigenvalue weighted by molar-refractivity contribution is 0.124. The molecule has 3 aromatic heterocycles. The molecule has 0 spiro atoms. The molecule has 0 bridgehead atoms. The molecule has 0 N–H and O–H groups in total. The summed E-state index contributed by atoms with van der Waals surface area (Å²) in [5.74, 6) is 0.826. The van der Waals surface area contributed by atoms with Gasteiger partial charge in [0.25, 0.3) is 0 Å². The third kappa shape index (κ3) is 3.34. The van der Waals surface area contributed by atoms with Crippen LogP contribution in [-0.4, -0.2) is 32.1 Å². The molecule has 3 aromatic rings. The number of hydrogen-bond acceptors (Lipinski definition) is 5. The van der Waals surface area contributed by atoms with Crippen molar-refractivity contribution < 1.29 is 4.74 Å². The third-order valence-electron chi connectivity index (χ3n) is 4.32. The Morgan fingerprint density at radius 2 is 2.25 bits per heavy atom. The molecule has 6 heteroatoms. The summed E-state index contributed by atoms with van der Waals surface area (Å²) >= 11 is 1.73. The summed E-state index contributed by atoms with van der Waals surface area (Å²) in [5.41, 5.74) is 4.38. The highest BCUT2D eigenvalue weighted by atomic mass is 32.1. The van der Waals surface area contributed by atoms with Crippen LogP contribution in [0.1, 0.15) is 16.3 Å². The molecule has 1 atom stereocenters. The van der Waals surface area contributed by atoms with Gasteiger partial charge in [-0.25, -0.2) is 4.98 Å². The van der Waals surface area contributed by atoms with Crippen molar-refractivity contribution in [2.45, 2.75) is 32.7 Å². The van der Waals surface area contributed by atoms with Gasteiger partial charge >= 0.3 is 0 Å². The maximum atomic E-state index is 6.20. The van der Waals surface area contributed by atoms with Crippen molar-refractivity contribution in [2.24, 2.45) is 0 Å². The zero-order chi connectivity index (χ0) is 16.4. The number of nitrogens with zero attached hydrogens (tertiary/aromatic N) is 4. The standard InChI is InChI=1S/C18H20N4OS/c1-14-18(24-13-20-14)12-21-9-15-4-3-7-22(15)11-17(10-21)23-16-5-2-6-19-8-16/h2-8,13,17H,9-12H2,1H3/t17-/m1/s1. The molecule has 1 aliphatic rings. The SMILES string of the molecule is Cc1ncsc1CN1Cc2cccn2C[C@H](Oc2cccnc2)C1. The Morgan fingerprint density at radius 1 is 1.29 bits per heavy atom. The fourth-order valence-electron chi connectivity index (χ4n) is 3.12. The molecule has 0 amide bonds. The first kappa shape index (κ1) is 15.4. The number of rotatable bonds is 4. The Labute approximate surface area is 145 Å². The monoisotopic (exact) mass is 340 g/mol. The Balaban J connectivity index is 1.55. The number of ether oxygens (including phenoxy) is 1. The average Bonchev–Trinajstić information content (AvgIpc) is 3.14. The molecule has 0 unspecified atom stereocenters. The van der Waals surface area contributed by atoms with E-state index in [0.29, 0.717) is 0 Å². The van der Waals surface area contributed by atoms with E-state index < -0.39 is 0 Å². The lowest BCUT2D eigenvalue weighted by atomic mass is 10.3. The van der Waals surface area contributed by atoms with Crippen molar-refractivity contribution in [1.29, 1.82) is 0 Å². The molecular formula is C18H20N4OS. The predicted octanol–water partition coefficient (Wildman–Crippen LogP) is 3.11. The van der Waals surface area contributed by atoms with Crippen LogP contribution in [0.2, 0.25) is 0 Å². The minimum atomic E-state index is 0.0936. The normalized spacial score (nSPS) is 18.1. The number of thiazole rings is 1. The highest BCUT2D eigenvalue weighted by Gasteiger charge is 2.23. The van der Waals surface area contributed by atoms with Gasteiger partial charge in [0, 0.05) is 42.6 Å². The van der Waals surface area contributed by atoms with Crippen LogP contribution in [0.4, 0.5) is 0 Å². The van der Waals surface area contributed by atoms with Crippen LogP contribution < -0.4 is 4.74 Å². The summed E-state index contributed by atoms with van der Waals surface area (Å²) in [7, 11) is 0. The quantitative estimate of drug-likeness (QED) is 0.732. The van der Waals surface area contributed by atoms with E-state index in [9.17, 15) is 0 Å². The van der Waals surface area contributed by atoms with E-state index in [1.807, 2.05) is 17.6 Å². The molecule has 5 nitrogen and oxygen atoms in total. The molecule has 4 rings (SSSR count). The summed E-state index contributed by atoms with van der Waals surface area (Å²) in [4.78, 5) is 12.3. The zero-order valence-corrected chi connectivity index (χ0v) is 14.4. The molecule has 124 valence electrons. The van der Waals surface area contributed by atoms with Crippen LogP contribution in [0.15, 0.2) is 48.4 Å². The molecule has 24 heavy (non-hydrogen) atoms. The van der Waals surface area contributed by atoms with Crippen LogP contribution in [0.5, 0.6) is 5.75 Å². The summed E-state index contributed by atoms with van der Waals surface area (Å²) in [5, 5.41) is 0. The van der Waals surface area contributed by atoms with Crippen LogP contribution in [0.25, 0.3) is 0 Å². The van der Waals surface area contributed by atoms with E-state index in [4.69, 9.17) is 4.74 Å². The highest BCUT2D eigenvalue weighted by molar-refractivity contribution is 7.09. The van der Waals surface area contributed by atoms with E-state index >= 15 is 0 Å². The highest BCUT2D eigenvalue weighted by Crippen LogP contribution is 2.22. The fraction of sp³-hybridized carbons (Fsp3) is 0.333. The van der Waals surface area contributed by atoms with Gasteiger partial charge in [-0.2, -0.15) is 0 Å². The Bertz CT molecular complexity index is 798. The number of pyridine rings is 1. The van der Waals surface area contributed by atoms with Gasteiger partial charge in [0.05, 0.1) is 23.9 Å². The first-order chi connectivity index (χ1) is 11.8. The van der Waals surface area contributed by atoms with E-state index in [0.717, 1.165) is 37.6 Å². The summed E-state index contributed by atoms with van der Waals surface area (Å²) in [6, 6.07) is 8.18. The topological polar surface area (TPSA) is 43.2 Å². The molecule has 4 heterocycles. The van der Waals surface area contributed by atoms with E-state index in [2.05, 4.69) is 44.7 Å². The van der Waals surface area contributed by atoms with Crippen molar-refractivity contribution in [3.8, 4) is 5.75 Å². The second-order valence-electron chi connectivity index (χ2n) is 6.11. The lowest BCUT2D eigenvalue weighted by Gasteiger charge is -2.24. The van der Waals surface area contributed by atoms with Crippen LogP contribution in [0.3, 0.4) is 0 Å². The lowest BCUT2D eigenvalue weighted by Crippen LogP contribution is -2.34. The van der Waals surface area contributed by atoms with Crippen molar-refractivity contribution in [3.63, 3.8) is 0 Å². The molecule has 0 saturated heterocycles. The zero-order valence-electron chi connectivity index (χ0n) is 13.6. The Kier molecular flexibility index (Phi) is 4.32. The van der Waals surface area contributed by atoms with Crippen LogP contribution >= 0.6 is 11.3 Å². The summed E-state index contributed by atoms with van der Waals surface area (Å²) < 4.78 is 8.50. The van der Waals surface area contributed by atoms with Crippen LogP contribution in [0, 0.1) is 6.92 Å². The van der Waals surface area contributed by atoms with E-state index in [-0.39, 0.29) is 6.10 Å². The van der Waals surface area contributed by atoms with Gasteiger partial charge in [0.15, 0.2) is 0 Å². The number of fused-ring (bicyclic) bond motifs is 1. The van der Waals surface area contributed by atoms with Crippen LogP contribution in [-0.2, 0) is 19.6 Å². The Hall–Kier alpha value is -2.18. The number of aromatic nitrogens is 3. The maximum absolute atomic E-state index is 6.20. The molecule has 0 fully saturated rings. The van der Waals surface area contributed by atoms with Gasteiger partial charge in [-0.3, -0.25) is 9.88 Å². The number of hydrogen-bond donors (Lipinski definition) is 0. The smallest absolute Gasteiger partial charge is 0.138 e. The summed E-state index contributed by atoms with van der Waals surface area (Å²) in [6.07, 6.45) is 5.77. The molecule has 0 saturated carbocycles. The molecule has 0 radical (unpaired) electrons. The van der Waals surface area contributed by atoms with Crippen molar-refractivity contribution >= 4 is 11.3 Å². The van der Waals surface area contributed by atoms with E-state index in [1.165, 1.54) is 10.6 Å². The first-order valence-corrected chi connectivity index (χ1v) is 8.98. The second kappa shape index (κ2) is 6.75. The third-order valence-corrected chi connectivity index (χ3v) is 5.24. The van der Waals surface area contributed by atoms with Gasteiger partial charge in [0.2, 0.25) is 0 Å². The molecule has 0 aromatic carbocycles. The first-order valence-electron chi connectivity index (χ1n) is 8.10. The molecule has 1 aliphatic heterocycles. The van der Waals surface area contributed by atoms with E-state index in [1.54, 1.807) is 23.7 Å². The van der Waals surface area contributed by atoms with Crippen molar-refractivity contribution in [2.75, 3.05) is 6.54 Å².